The molecule has 0 atom stereocenters. The molecule has 0 unspecified atom stereocenters. The van der Waals surface area contributed by atoms with Crippen molar-refractivity contribution in [2.24, 2.45) is 0 Å². The Bertz CT molecular complexity index is 4240. The normalized spacial score (nSPS) is 11.8. The summed E-state index contributed by atoms with van der Waals surface area (Å²) in [6.45, 7) is 0. The Morgan fingerprint density at radius 2 is 0.580 bits per heavy atom. The molecule has 5 heteroatoms. The summed E-state index contributed by atoms with van der Waals surface area (Å²) in [5, 5.41) is 8.24. The molecule has 0 spiro atoms. The molecule has 0 aliphatic rings. The van der Waals surface area contributed by atoms with E-state index in [4.69, 9.17) is 13.3 Å². The fourth-order valence-electron chi connectivity index (χ4n) is 10.5. The Morgan fingerprint density at radius 3 is 1.07 bits per heavy atom. The van der Waals surface area contributed by atoms with Crippen molar-refractivity contribution in [2.75, 3.05) is 9.80 Å². The number of benzene rings is 11. The summed E-state index contributed by atoms with van der Waals surface area (Å²) in [4.78, 5) is 4.73. The summed E-state index contributed by atoms with van der Waals surface area (Å²) in [7, 11) is 0. The van der Waals surface area contributed by atoms with E-state index in [0.29, 0.717) is 0 Å². The molecular formula is C64H40N2O3. The molecule has 0 amide bonds. The lowest BCUT2D eigenvalue weighted by molar-refractivity contribution is 0.666. The average Bonchev–Trinajstić information content (AvgIpc) is 4.13. The van der Waals surface area contributed by atoms with E-state index in [0.717, 1.165) is 133 Å². The third-order valence-electron chi connectivity index (χ3n) is 13.6. The van der Waals surface area contributed by atoms with Gasteiger partial charge in [-0.3, -0.25) is 0 Å². The Balaban J connectivity index is 1.11. The van der Waals surface area contributed by atoms with E-state index in [9.17, 15) is 0 Å². The second-order valence-corrected chi connectivity index (χ2v) is 17.5. The Labute approximate surface area is 396 Å². The van der Waals surface area contributed by atoms with Crippen molar-refractivity contribution in [1.29, 1.82) is 0 Å². The first kappa shape index (κ1) is 38.9. The van der Waals surface area contributed by atoms with Gasteiger partial charge in [-0.2, -0.15) is 0 Å². The van der Waals surface area contributed by atoms with Crippen LogP contribution in [0, 0.1) is 0 Å². The van der Waals surface area contributed by atoms with Crippen LogP contribution in [0.3, 0.4) is 0 Å². The van der Waals surface area contributed by atoms with Crippen LogP contribution in [0.25, 0.3) is 98.8 Å². The van der Waals surface area contributed by atoms with Gasteiger partial charge in [0.15, 0.2) is 16.7 Å². The predicted molar refractivity (Wildman–Crippen MR) is 286 cm³/mol. The maximum Gasteiger partial charge on any atom is 0.162 e. The second kappa shape index (κ2) is 15.7. The first-order valence-corrected chi connectivity index (χ1v) is 23.3. The molecule has 324 valence electrons. The minimum Gasteiger partial charge on any atom is -0.454 e. The monoisotopic (exact) mass is 884 g/mol. The fraction of sp³-hybridized carbons (Fsp3) is 0. The Morgan fingerprint density at radius 1 is 0.232 bits per heavy atom. The molecule has 0 saturated heterocycles. The van der Waals surface area contributed by atoms with Crippen molar-refractivity contribution in [3.63, 3.8) is 0 Å². The van der Waals surface area contributed by atoms with Gasteiger partial charge in [0.25, 0.3) is 0 Å². The van der Waals surface area contributed by atoms with Crippen molar-refractivity contribution in [3.8, 4) is 22.3 Å². The highest BCUT2D eigenvalue weighted by Gasteiger charge is 2.31. The first-order chi connectivity index (χ1) is 34.2. The molecule has 14 aromatic rings. The van der Waals surface area contributed by atoms with Crippen molar-refractivity contribution in [1.82, 2.24) is 0 Å². The van der Waals surface area contributed by atoms with Crippen LogP contribution in [0.15, 0.2) is 256 Å². The molecule has 69 heavy (non-hydrogen) atoms. The molecule has 0 aliphatic heterocycles. The van der Waals surface area contributed by atoms with E-state index in [1.807, 2.05) is 30.3 Å². The van der Waals surface area contributed by atoms with Gasteiger partial charge in [0.05, 0.1) is 28.1 Å². The van der Waals surface area contributed by atoms with E-state index in [-0.39, 0.29) is 0 Å². The van der Waals surface area contributed by atoms with Gasteiger partial charge in [0, 0.05) is 49.1 Å². The van der Waals surface area contributed by atoms with Crippen LogP contribution in [-0.2, 0) is 0 Å². The van der Waals surface area contributed by atoms with Gasteiger partial charge in [-0.1, -0.05) is 188 Å². The summed E-state index contributed by atoms with van der Waals surface area (Å²) in [5.74, 6) is 0. The molecular weight excluding hydrogens is 845 g/mol. The summed E-state index contributed by atoms with van der Waals surface area (Å²) < 4.78 is 21.1. The molecule has 0 N–H and O–H groups in total. The first-order valence-electron chi connectivity index (χ1n) is 23.3. The lowest BCUT2D eigenvalue weighted by atomic mass is 9.97. The zero-order chi connectivity index (χ0) is 45.4. The lowest BCUT2D eigenvalue weighted by Gasteiger charge is -2.31. The minimum atomic E-state index is 0.743. The highest BCUT2D eigenvalue weighted by Crippen LogP contribution is 2.55. The Kier molecular flexibility index (Phi) is 8.83. The maximum atomic E-state index is 7.33. The van der Waals surface area contributed by atoms with Crippen LogP contribution in [-0.4, -0.2) is 0 Å². The van der Waals surface area contributed by atoms with Gasteiger partial charge in [-0.25, -0.2) is 0 Å². The lowest BCUT2D eigenvalue weighted by Crippen LogP contribution is -2.14. The van der Waals surface area contributed by atoms with Crippen molar-refractivity contribution in [3.05, 3.63) is 243 Å². The molecule has 0 aliphatic carbocycles. The van der Waals surface area contributed by atoms with Crippen molar-refractivity contribution < 1.29 is 13.3 Å². The number of rotatable bonds is 8. The van der Waals surface area contributed by atoms with Gasteiger partial charge >= 0.3 is 0 Å². The van der Waals surface area contributed by atoms with Gasteiger partial charge in [-0.15, -0.1) is 0 Å². The Hall–Kier alpha value is -9.32. The molecule has 5 nitrogen and oxygen atoms in total. The topological polar surface area (TPSA) is 45.9 Å². The van der Waals surface area contributed by atoms with E-state index in [1.165, 1.54) is 0 Å². The molecule has 0 bridgehead atoms. The van der Waals surface area contributed by atoms with Crippen LogP contribution >= 0.6 is 0 Å². The van der Waals surface area contributed by atoms with Crippen LogP contribution < -0.4 is 9.80 Å². The standard InChI is InChI=1S/C64H40N2O3/c1-3-17-41(18-4-1)43-33-37-45(38-34-43)65(54-28-15-26-51-47-21-9-12-30-56(47)67-62(51)54)60-49-23-7-8-24-50(49)61(64-59(60)53-25-11-14-32-58(53)69-64)66(46-39-35-44(36-40-46)42-19-5-2-6-20-42)55-29-16-27-52-48-22-10-13-31-57(48)68-63(52)55/h1-40H. The zero-order valence-corrected chi connectivity index (χ0v) is 37.2. The SMILES string of the molecule is c1ccc(-c2ccc(N(c3cccc4c3oc3ccccc34)c3c4ccccc4c(N(c4ccc(-c5ccccc5)cc4)c4cccc5c4oc4ccccc45)c4c3oc3ccccc34)cc2)cc1. The summed E-state index contributed by atoms with van der Waals surface area (Å²) in [6, 6.07) is 85.4. The highest BCUT2D eigenvalue weighted by molar-refractivity contribution is 6.29. The third-order valence-corrected chi connectivity index (χ3v) is 13.6. The molecule has 0 fully saturated rings. The van der Waals surface area contributed by atoms with E-state index in [1.54, 1.807) is 0 Å². The van der Waals surface area contributed by atoms with Gasteiger partial charge in [0.2, 0.25) is 0 Å². The second-order valence-electron chi connectivity index (χ2n) is 17.5. The van der Waals surface area contributed by atoms with Crippen LogP contribution in [0.1, 0.15) is 0 Å². The van der Waals surface area contributed by atoms with Crippen LogP contribution in [0.4, 0.5) is 34.1 Å². The largest absolute Gasteiger partial charge is 0.454 e. The summed E-state index contributed by atoms with van der Waals surface area (Å²) in [6.07, 6.45) is 0. The van der Waals surface area contributed by atoms with E-state index in [2.05, 4.69) is 222 Å². The average molecular weight is 885 g/mol. The molecule has 3 heterocycles. The molecule has 3 aromatic heterocycles. The van der Waals surface area contributed by atoms with Gasteiger partial charge in [-0.05, 0) is 76.9 Å². The van der Waals surface area contributed by atoms with Crippen LogP contribution in [0.5, 0.6) is 0 Å². The molecule has 0 saturated carbocycles. The van der Waals surface area contributed by atoms with E-state index >= 15 is 0 Å². The van der Waals surface area contributed by atoms with Crippen molar-refractivity contribution >= 4 is 111 Å². The smallest absolute Gasteiger partial charge is 0.162 e. The van der Waals surface area contributed by atoms with Gasteiger partial charge in [0.1, 0.15) is 16.7 Å². The van der Waals surface area contributed by atoms with Crippen LogP contribution in [0.2, 0.25) is 0 Å². The fourth-order valence-corrected chi connectivity index (χ4v) is 10.5. The summed E-state index contributed by atoms with van der Waals surface area (Å²) in [5.41, 5.74) is 15.0. The number of furan rings is 3. The number of anilines is 6. The number of hydrogen-bond acceptors (Lipinski definition) is 5. The van der Waals surface area contributed by atoms with Crippen molar-refractivity contribution in [2.45, 2.75) is 0 Å². The number of nitrogens with zero attached hydrogens (tertiary/aromatic N) is 2. The molecule has 11 aromatic carbocycles. The number of para-hydroxylation sites is 5. The highest BCUT2D eigenvalue weighted by atomic mass is 16.3. The molecule has 14 rings (SSSR count). The zero-order valence-electron chi connectivity index (χ0n) is 37.2. The minimum absolute atomic E-state index is 0.743. The number of fused-ring (bicyclic) bond motifs is 10. The number of hydrogen-bond donors (Lipinski definition) is 0. The third kappa shape index (κ3) is 6.18. The maximum absolute atomic E-state index is 7.33. The quantitative estimate of drug-likeness (QED) is 0.142. The van der Waals surface area contributed by atoms with E-state index < -0.39 is 0 Å². The molecule has 0 radical (unpaired) electrons. The predicted octanol–water partition coefficient (Wildman–Crippen LogP) is 18.8. The summed E-state index contributed by atoms with van der Waals surface area (Å²) >= 11 is 0. The van der Waals surface area contributed by atoms with Gasteiger partial charge < -0.3 is 23.1 Å².